The fraction of sp³-hybridized carbons (Fsp3) is 0.481. The smallest absolute Gasteiger partial charge is 0.339 e. The van der Waals surface area contributed by atoms with Gasteiger partial charge in [-0.25, -0.2) is 0 Å². The van der Waals surface area contributed by atoms with Gasteiger partial charge in [-0.15, -0.1) is 0 Å². The average molecular weight is 516 g/mol. The van der Waals surface area contributed by atoms with Crippen LogP contribution in [-0.2, 0) is 26.3 Å². The van der Waals surface area contributed by atoms with Crippen LogP contribution in [0.15, 0.2) is 47.4 Å². The van der Waals surface area contributed by atoms with Gasteiger partial charge < -0.3 is 19.3 Å². The molecule has 196 valence electrons. The molecule has 0 radical (unpaired) electrons. The maximum absolute atomic E-state index is 13.2. The number of anilines is 2. The molecule has 8 nitrogen and oxygen atoms in total. The maximum atomic E-state index is 13.2. The molecule has 3 rings (SSSR count). The summed E-state index contributed by atoms with van der Waals surface area (Å²) in [6.07, 6.45) is 2.21. The van der Waals surface area contributed by atoms with Crippen LogP contribution in [0, 0.1) is 11.8 Å². The highest BCUT2D eigenvalue weighted by molar-refractivity contribution is 7.87. The molecule has 0 atom stereocenters. The molecule has 0 saturated heterocycles. The Labute approximate surface area is 214 Å². The molecule has 9 heteroatoms. The van der Waals surface area contributed by atoms with E-state index in [9.17, 15) is 18.0 Å². The summed E-state index contributed by atoms with van der Waals surface area (Å²) in [5.41, 5.74) is 1.98. The fourth-order valence-corrected chi connectivity index (χ4v) is 4.98. The van der Waals surface area contributed by atoms with Gasteiger partial charge in [0.25, 0.3) is 0 Å². The maximum Gasteiger partial charge on any atom is 0.339 e. The highest BCUT2D eigenvalue weighted by Gasteiger charge is 2.29. The van der Waals surface area contributed by atoms with Crippen molar-refractivity contribution in [2.45, 2.75) is 58.9 Å². The SMILES string of the molecule is CCN(CC)c1ccc(CN(CC2CC2)C(=O)C(C)C)c(OS(=O)(=O)c2ccc(NC(C)=O)cc2)c1. The number of nitrogens with zero attached hydrogens (tertiary/aromatic N) is 2. The number of carbonyl (C=O) groups excluding carboxylic acids is 2. The Morgan fingerprint density at radius 3 is 2.22 bits per heavy atom. The van der Waals surface area contributed by atoms with E-state index >= 15 is 0 Å². The summed E-state index contributed by atoms with van der Waals surface area (Å²) in [6, 6.07) is 11.4. The third kappa shape index (κ3) is 7.22. The summed E-state index contributed by atoms with van der Waals surface area (Å²) < 4.78 is 32.1. The first-order valence-electron chi connectivity index (χ1n) is 12.5. The van der Waals surface area contributed by atoms with E-state index in [4.69, 9.17) is 4.18 Å². The van der Waals surface area contributed by atoms with Crippen LogP contribution < -0.4 is 14.4 Å². The molecule has 36 heavy (non-hydrogen) atoms. The standard InChI is InChI=1S/C27H37N3O5S/c1-6-29(7-2)24-13-10-22(18-30(17-21-8-9-21)27(32)19(3)4)26(16-24)35-36(33,34)25-14-11-23(12-15-25)28-20(5)31/h10-16,19,21H,6-9,17-18H2,1-5H3,(H,28,31). The summed E-state index contributed by atoms with van der Waals surface area (Å²) in [6.45, 7) is 11.6. The van der Waals surface area contributed by atoms with Gasteiger partial charge in [-0.2, -0.15) is 8.42 Å². The van der Waals surface area contributed by atoms with Crippen LogP contribution in [0.2, 0.25) is 0 Å². The van der Waals surface area contributed by atoms with Crippen LogP contribution in [0.1, 0.15) is 53.0 Å². The topological polar surface area (TPSA) is 96.0 Å². The van der Waals surface area contributed by atoms with Gasteiger partial charge in [0.2, 0.25) is 11.8 Å². The summed E-state index contributed by atoms with van der Waals surface area (Å²) in [5, 5.41) is 2.62. The second kappa shape index (κ2) is 11.8. The van der Waals surface area contributed by atoms with E-state index < -0.39 is 10.1 Å². The lowest BCUT2D eigenvalue weighted by molar-refractivity contribution is -0.135. The summed E-state index contributed by atoms with van der Waals surface area (Å²) >= 11 is 0. The van der Waals surface area contributed by atoms with Crippen molar-refractivity contribution in [2.75, 3.05) is 29.9 Å². The van der Waals surface area contributed by atoms with Crippen LogP contribution in [0.25, 0.3) is 0 Å². The first-order valence-corrected chi connectivity index (χ1v) is 13.9. The van der Waals surface area contributed by atoms with Gasteiger partial charge in [-0.1, -0.05) is 19.9 Å². The lowest BCUT2D eigenvalue weighted by atomic mass is 10.1. The van der Waals surface area contributed by atoms with Crippen LogP contribution in [0.4, 0.5) is 11.4 Å². The Bertz CT molecular complexity index is 1170. The molecule has 1 fully saturated rings. The lowest BCUT2D eigenvalue weighted by Crippen LogP contribution is -2.35. The Morgan fingerprint density at radius 1 is 1.06 bits per heavy atom. The third-order valence-corrected chi connectivity index (χ3v) is 7.43. The molecule has 0 spiro atoms. The van der Waals surface area contributed by atoms with Crippen LogP contribution in [0.3, 0.4) is 0 Å². The molecule has 0 heterocycles. The molecule has 0 aliphatic heterocycles. The van der Waals surface area contributed by atoms with Gasteiger partial charge in [-0.3, -0.25) is 9.59 Å². The van der Waals surface area contributed by atoms with Crippen molar-refractivity contribution in [2.24, 2.45) is 11.8 Å². The molecular formula is C27H37N3O5S. The molecule has 0 aromatic heterocycles. The quantitative estimate of drug-likeness (QED) is 0.413. The molecule has 2 amide bonds. The fourth-order valence-electron chi connectivity index (χ4n) is 4.03. The minimum Gasteiger partial charge on any atom is -0.379 e. The predicted octanol–water partition coefficient (Wildman–Crippen LogP) is 4.65. The van der Waals surface area contributed by atoms with E-state index in [1.54, 1.807) is 6.07 Å². The zero-order valence-corrected chi connectivity index (χ0v) is 22.6. The molecule has 1 aliphatic rings. The van der Waals surface area contributed by atoms with Gasteiger partial charge in [-0.05, 0) is 62.9 Å². The van der Waals surface area contributed by atoms with Crippen molar-refractivity contribution in [3.63, 3.8) is 0 Å². The third-order valence-electron chi connectivity index (χ3n) is 6.18. The van der Waals surface area contributed by atoms with Gasteiger partial charge >= 0.3 is 10.1 Å². The lowest BCUT2D eigenvalue weighted by Gasteiger charge is -2.27. The van der Waals surface area contributed by atoms with Crippen molar-refractivity contribution < 1.29 is 22.2 Å². The van der Waals surface area contributed by atoms with Crippen molar-refractivity contribution in [1.82, 2.24) is 4.90 Å². The first-order chi connectivity index (χ1) is 17.0. The molecule has 1 N–H and O–H groups in total. The summed E-state index contributed by atoms with van der Waals surface area (Å²) in [4.78, 5) is 28.1. The Morgan fingerprint density at radius 2 is 1.69 bits per heavy atom. The number of hydrogen-bond donors (Lipinski definition) is 1. The van der Waals surface area contributed by atoms with Crippen molar-refractivity contribution in [3.05, 3.63) is 48.0 Å². The summed E-state index contributed by atoms with van der Waals surface area (Å²) in [7, 11) is -4.15. The predicted molar refractivity (Wildman–Crippen MR) is 142 cm³/mol. The average Bonchev–Trinajstić information content (AvgIpc) is 3.64. The second-order valence-electron chi connectivity index (χ2n) is 9.52. The van der Waals surface area contributed by atoms with Gasteiger partial charge in [0.15, 0.2) is 0 Å². The van der Waals surface area contributed by atoms with Crippen molar-refractivity contribution >= 4 is 33.3 Å². The Balaban J connectivity index is 1.95. The molecule has 1 aliphatic carbocycles. The van der Waals surface area contributed by atoms with E-state index in [-0.39, 0.29) is 34.9 Å². The minimum absolute atomic E-state index is 0.0242. The van der Waals surface area contributed by atoms with E-state index in [1.165, 1.54) is 31.2 Å². The molecule has 0 bridgehead atoms. The highest BCUT2D eigenvalue weighted by atomic mass is 32.2. The molecule has 0 unspecified atom stereocenters. The van der Waals surface area contributed by atoms with Crippen LogP contribution in [0.5, 0.6) is 5.75 Å². The van der Waals surface area contributed by atoms with Gasteiger partial charge in [0.05, 0.1) is 0 Å². The highest BCUT2D eigenvalue weighted by Crippen LogP contribution is 2.33. The zero-order chi connectivity index (χ0) is 26.5. The molecule has 1 saturated carbocycles. The van der Waals surface area contributed by atoms with Gasteiger partial charge in [0, 0.05) is 62.0 Å². The number of hydrogen-bond acceptors (Lipinski definition) is 6. The number of nitrogens with one attached hydrogen (secondary N) is 1. The van der Waals surface area contributed by atoms with E-state index in [1.807, 2.05) is 44.7 Å². The number of carbonyl (C=O) groups is 2. The van der Waals surface area contributed by atoms with Crippen molar-refractivity contribution in [1.29, 1.82) is 0 Å². The Hall–Kier alpha value is -3.07. The zero-order valence-electron chi connectivity index (χ0n) is 21.8. The van der Waals surface area contributed by atoms with E-state index in [0.29, 0.717) is 23.7 Å². The second-order valence-corrected chi connectivity index (χ2v) is 11.1. The number of amides is 2. The monoisotopic (exact) mass is 515 g/mol. The number of rotatable bonds is 12. The van der Waals surface area contributed by atoms with Crippen molar-refractivity contribution in [3.8, 4) is 5.75 Å². The molecule has 2 aromatic carbocycles. The first kappa shape index (κ1) is 27.5. The number of benzene rings is 2. The van der Waals surface area contributed by atoms with E-state index in [0.717, 1.165) is 31.6 Å². The summed E-state index contributed by atoms with van der Waals surface area (Å²) in [5.74, 6) is 0.345. The normalized spacial score (nSPS) is 13.4. The minimum atomic E-state index is -4.15. The molecular weight excluding hydrogens is 478 g/mol. The molecule has 2 aromatic rings. The Kier molecular flexibility index (Phi) is 9.00. The largest absolute Gasteiger partial charge is 0.379 e. The van der Waals surface area contributed by atoms with E-state index in [2.05, 4.69) is 10.2 Å². The van der Waals surface area contributed by atoms with Gasteiger partial charge in [0.1, 0.15) is 10.6 Å². The van der Waals surface area contributed by atoms with Crippen LogP contribution in [-0.4, -0.2) is 44.8 Å². The van der Waals surface area contributed by atoms with Crippen LogP contribution >= 0.6 is 0 Å².